The van der Waals surface area contributed by atoms with Crippen LogP contribution in [0.5, 0.6) is 0 Å². The number of carbonyl (C=O) groups excluding carboxylic acids is 1. The predicted molar refractivity (Wildman–Crippen MR) is 95.5 cm³/mol. The molecule has 0 saturated heterocycles. The van der Waals surface area contributed by atoms with Gasteiger partial charge in [0.2, 0.25) is 0 Å². The third kappa shape index (κ3) is 1.96. The third-order valence-corrected chi connectivity index (χ3v) is 8.47. The van der Waals surface area contributed by atoms with Gasteiger partial charge in [-0.25, -0.2) is 9.18 Å². The fourth-order valence-electron chi connectivity index (χ4n) is 6.96. The zero-order chi connectivity index (χ0) is 20.0. The molecule has 1 unspecified atom stereocenters. The first-order valence-electron chi connectivity index (χ1n) is 9.70. The van der Waals surface area contributed by atoms with Crippen LogP contribution in [0.3, 0.4) is 0 Å². The summed E-state index contributed by atoms with van der Waals surface area (Å²) >= 11 is 0. The molecule has 6 heteroatoms. The zero-order valence-electron chi connectivity index (χ0n) is 15.9. The minimum Gasteiger partial charge on any atom is -0.479 e. The number of hydrogen-bond donors (Lipinski definition) is 3. The van der Waals surface area contributed by atoms with Gasteiger partial charge in [-0.1, -0.05) is 25.5 Å². The summed E-state index contributed by atoms with van der Waals surface area (Å²) in [5, 5.41) is 31.6. The first-order valence-corrected chi connectivity index (χ1v) is 9.70. The van der Waals surface area contributed by atoms with Crippen LogP contribution in [-0.2, 0) is 9.59 Å². The van der Waals surface area contributed by atoms with Crippen molar-refractivity contribution in [3.05, 3.63) is 23.8 Å². The van der Waals surface area contributed by atoms with Gasteiger partial charge in [0.25, 0.3) is 0 Å². The molecule has 27 heavy (non-hydrogen) atoms. The molecule has 0 bridgehead atoms. The van der Waals surface area contributed by atoms with E-state index >= 15 is 4.39 Å². The van der Waals surface area contributed by atoms with Crippen molar-refractivity contribution in [3.63, 3.8) is 0 Å². The molecule has 0 amide bonds. The number of aliphatic hydroxyl groups excluding tert-OH is 1. The number of halogens is 1. The molecule has 3 fully saturated rings. The maximum absolute atomic E-state index is 16.8. The van der Waals surface area contributed by atoms with Crippen molar-refractivity contribution in [1.29, 1.82) is 0 Å². The van der Waals surface area contributed by atoms with Crippen LogP contribution in [0.2, 0.25) is 0 Å². The Bertz CT molecular complexity index is 789. The number of ketones is 1. The number of carbonyl (C=O) groups is 2. The van der Waals surface area contributed by atoms with E-state index in [2.05, 4.69) is 0 Å². The Morgan fingerprint density at radius 2 is 1.96 bits per heavy atom. The molecule has 5 nitrogen and oxygen atoms in total. The van der Waals surface area contributed by atoms with Crippen molar-refractivity contribution >= 4 is 11.8 Å². The normalized spacial score (nSPS) is 54.0. The number of carboxylic acids is 1. The van der Waals surface area contributed by atoms with Crippen LogP contribution >= 0.6 is 0 Å². The van der Waals surface area contributed by atoms with E-state index in [1.165, 1.54) is 12.2 Å². The predicted octanol–water partition coefficient (Wildman–Crippen LogP) is 2.42. The molecule has 0 heterocycles. The lowest BCUT2D eigenvalue weighted by Crippen LogP contribution is -2.69. The molecule has 148 valence electrons. The lowest BCUT2D eigenvalue weighted by molar-refractivity contribution is -0.225. The Morgan fingerprint density at radius 3 is 2.59 bits per heavy atom. The Kier molecular flexibility index (Phi) is 3.69. The summed E-state index contributed by atoms with van der Waals surface area (Å²) in [6.07, 6.45) is 3.79. The van der Waals surface area contributed by atoms with Crippen LogP contribution < -0.4 is 0 Å². The van der Waals surface area contributed by atoms with Gasteiger partial charge < -0.3 is 15.3 Å². The van der Waals surface area contributed by atoms with Crippen LogP contribution in [0, 0.1) is 28.6 Å². The minimum absolute atomic E-state index is 0.0604. The molecule has 0 aliphatic heterocycles. The molecule has 3 N–H and O–H groups in total. The molecule has 0 aromatic rings. The van der Waals surface area contributed by atoms with Gasteiger partial charge in [0.15, 0.2) is 17.1 Å². The maximum Gasteiger partial charge on any atom is 0.336 e. The molecule has 4 aliphatic rings. The molecule has 0 spiro atoms. The Labute approximate surface area is 158 Å². The van der Waals surface area contributed by atoms with Gasteiger partial charge in [0.1, 0.15) is 0 Å². The number of carboxylic acid groups (broad SMARTS) is 1. The Hall–Kier alpha value is -1.53. The average molecular weight is 378 g/mol. The van der Waals surface area contributed by atoms with Crippen molar-refractivity contribution in [2.45, 2.75) is 63.8 Å². The molecule has 8 atom stereocenters. The molecule has 0 radical (unpaired) electrons. The van der Waals surface area contributed by atoms with Gasteiger partial charge in [-0.05, 0) is 56.6 Å². The summed E-state index contributed by atoms with van der Waals surface area (Å²) in [6, 6.07) is 0. The van der Waals surface area contributed by atoms with Crippen molar-refractivity contribution in [3.8, 4) is 0 Å². The molecular weight excluding hydrogens is 351 g/mol. The quantitative estimate of drug-likeness (QED) is 0.651. The van der Waals surface area contributed by atoms with Crippen molar-refractivity contribution in [2.24, 2.45) is 28.6 Å². The highest BCUT2D eigenvalue weighted by molar-refractivity contribution is 6.01. The van der Waals surface area contributed by atoms with E-state index in [4.69, 9.17) is 0 Å². The first-order chi connectivity index (χ1) is 12.4. The van der Waals surface area contributed by atoms with E-state index in [9.17, 15) is 24.9 Å². The van der Waals surface area contributed by atoms with Crippen molar-refractivity contribution in [1.82, 2.24) is 0 Å². The second kappa shape index (κ2) is 5.29. The topological polar surface area (TPSA) is 94.8 Å². The van der Waals surface area contributed by atoms with E-state index in [0.29, 0.717) is 18.4 Å². The van der Waals surface area contributed by atoms with Gasteiger partial charge in [-0.2, -0.15) is 0 Å². The first kappa shape index (κ1) is 18.8. The minimum atomic E-state index is -2.00. The number of rotatable bonds is 1. The fourth-order valence-corrected chi connectivity index (χ4v) is 6.96. The van der Waals surface area contributed by atoms with Crippen LogP contribution in [0.4, 0.5) is 4.39 Å². The van der Waals surface area contributed by atoms with E-state index < -0.39 is 40.1 Å². The molecule has 4 rings (SSSR count). The summed E-state index contributed by atoms with van der Waals surface area (Å²) in [6.45, 7) is 5.36. The monoisotopic (exact) mass is 378 g/mol. The standard InChI is InChI=1S/C21H27FO5/c1-11-8-15-13-5-7-20(27,17(25)26)19(13,3)10-16(24)21(15,22)18(2)6-4-12(23)9-14(11)18/h4,6,9,11,13,15-16,24,27H,5,7-8,10H2,1-3H3,(H,25,26)/t11?,13-,15-,16-,18-,19-,20-,21-/m0/s1. The number of alkyl halides is 1. The molecule has 0 aromatic heterocycles. The molecule has 3 saturated carbocycles. The van der Waals surface area contributed by atoms with E-state index in [0.717, 1.165) is 0 Å². The number of allylic oxidation sites excluding steroid dienone is 4. The van der Waals surface area contributed by atoms with E-state index in [1.807, 2.05) is 6.92 Å². The van der Waals surface area contributed by atoms with Gasteiger partial charge in [-0.15, -0.1) is 0 Å². The Balaban J connectivity index is 1.86. The third-order valence-electron chi connectivity index (χ3n) is 8.47. The van der Waals surface area contributed by atoms with Crippen LogP contribution in [0.25, 0.3) is 0 Å². The number of fused-ring (bicyclic) bond motifs is 5. The van der Waals surface area contributed by atoms with Crippen molar-refractivity contribution < 1.29 is 29.3 Å². The summed E-state index contributed by atoms with van der Waals surface area (Å²) in [5.41, 5.74) is -5.48. The summed E-state index contributed by atoms with van der Waals surface area (Å²) in [4.78, 5) is 23.7. The summed E-state index contributed by atoms with van der Waals surface area (Å²) in [5.74, 6) is -2.48. The second-order valence-corrected chi connectivity index (χ2v) is 9.50. The number of aliphatic hydroxyl groups is 2. The lowest BCUT2D eigenvalue weighted by atomic mass is 9.43. The van der Waals surface area contributed by atoms with Crippen LogP contribution in [0.15, 0.2) is 23.8 Å². The van der Waals surface area contributed by atoms with Gasteiger partial charge in [0, 0.05) is 16.7 Å². The Morgan fingerprint density at radius 1 is 1.30 bits per heavy atom. The smallest absolute Gasteiger partial charge is 0.336 e. The van der Waals surface area contributed by atoms with Gasteiger partial charge in [0.05, 0.1) is 6.10 Å². The van der Waals surface area contributed by atoms with E-state index in [-0.39, 0.29) is 30.5 Å². The van der Waals surface area contributed by atoms with E-state index in [1.54, 1.807) is 19.9 Å². The highest BCUT2D eigenvalue weighted by atomic mass is 19.1. The highest BCUT2D eigenvalue weighted by Crippen LogP contribution is 2.70. The number of aliphatic carboxylic acids is 1. The van der Waals surface area contributed by atoms with Crippen LogP contribution in [0.1, 0.15) is 46.5 Å². The summed E-state index contributed by atoms with van der Waals surface area (Å²) < 4.78 is 16.8. The average Bonchev–Trinajstić information content (AvgIpc) is 2.85. The largest absolute Gasteiger partial charge is 0.479 e. The fraction of sp³-hybridized carbons (Fsp3) is 0.714. The van der Waals surface area contributed by atoms with Crippen molar-refractivity contribution in [2.75, 3.05) is 0 Å². The summed E-state index contributed by atoms with van der Waals surface area (Å²) in [7, 11) is 0. The lowest BCUT2D eigenvalue weighted by Gasteiger charge is -2.63. The maximum atomic E-state index is 16.8. The van der Waals surface area contributed by atoms with Gasteiger partial charge >= 0.3 is 5.97 Å². The van der Waals surface area contributed by atoms with Crippen LogP contribution in [-0.4, -0.2) is 44.4 Å². The number of hydrogen-bond acceptors (Lipinski definition) is 4. The highest BCUT2D eigenvalue weighted by Gasteiger charge is 2.75. The molecular formula is C21H27FO5. The molecule has 0 aromatic carbocycles. The SMILES string of the molecule is CC1C[C@H]2[C@@H]3CC[C@](O)(C(=O)O)[C@@]3(C)C[C@H](O)[C@]2(F)[C@@]2(C)C=CC(=O)C=C12. The second-order valence-electron chi connectivity index (χ2n) is 9.50. The zero-order valence-corrected chi connectivity index (χ0v) is 15.9. The molecule has 4 aliphatic carbocycles. The van der Waals surface area contributed by atoms with Gasteiger partial charge in [-0.3, -0.25) is 4.79 Å².